The minimum atomic E-state index is -0.990. The van der Waals surface area contributed by atoms with Crippen molar-refractivity contribution in [3.63, 3.8) is 0 Å². The molecule has 3 aromatic rings. The van der Waals surface area contributed by atoms with Crippen LogP contribution in [0, 0.1) is 0 Å². The number of phenolic OH excluding ortho intramolecular Hbond substituents is 1. The molecule has 0 fully saturated rings. The third-order valence-corrected chi connectivity index (χ3v) is 3.09. The minimum absolute atomic E-state index is 0.0979. The van der Waals surface area contributed by atoms with E-state index in [0.717, 1.165) is 10.8 Å². The number of aromatic carboxylic acids is 1. The Hall–Kier alpha value is -2.55. The van der Waals surface area contributed by atoms with Gasteiger partial charge in [-0.15, -0.1) is 0 Å². The van der Waals surface area contributed by atoms with Crippen molar-refractivity contribution >= 4 is 27.5 Å². The molecule has 0 aliphatic carbocycles. The van der Waals surface area contributed by atoms with Gasteiger partial charge >= 0.3 is 5.97 Å². The Morgan fingerprint density at radius 3 is 2.11 bits per heavy atom. The lowest BCUT2D eigenvalue weighted by Crippen LogP contribution is -1.97. The normalized spacial score (nSPS) is 10.9. The lowest BCUT2D eigenvalue weighted by atomic mass is 9.99. The number of aromatic hydroxyl groups is 1. The van der Waals surface area contributed by atoms with Gasteiger partial charge in [-0.05, 0) is 35.0 Å². The molecule has 0 aromatic heterocycles. The fourth-order valence-corrected chi connectivity index (χ4v) is 2.20. The molecule has 88 valence electrons. The van der Waals surface area contributed by atoms with E-state index in [1.807, 2.05) is 30.3 Å². The first kappa shape index (κ1) is 10.6. The molecule has 3 rings (SSSR count). The van der Waals surface area contributed by atoms with Crippen molar-refractivity contribution in [3.8, 4) is 5.75 Å². The summed E-state index contributed by atoms with van der Waals surface area (Å²) < 4.78 is 0. The smallest absolute Gasteiger partial charge is 0.336 e. The van der Waals surface area contributed by atoms with Crippen LogP contribution in [0.3, 0.4) is 0 Å². The maximum absolute atomic E-state index is 11.2. The zero-order valence-electron chi connectivity index (χ0n) is 9.42. The molecule has 0 amide bonds. The lowest BCUT2D eigenvalue weighted by Gasteiger charge is -2.07. The molecule has 0 radical (unpaired) electrons. The van der Waals surface area contributed by atoms with Gasteiger partial charge in [0.05, 0.1) is 5.56 Å². The highest BCUT2D eigenvalue weighted by Gasteiger charge is 2.11. The third kappa shape index (κ3) is 1.49. The predicted molar refractivity (Wildman–Crippen MR) is 70.1 cm³/mol. The molecule has 0 unspecified atom stereocenters. The standard InChI is InChI=1S/C15H10O3/c16-14-6-5-11(15(17)18)12-7-9-3-1-2-4-10(9)8-13(12)14/h1-8,16H,(H,17,18). The van der Waals surface area contributed by atoms with Gasteiger partial charge in [0.25, 0.3) is 0 Å². The molecule has 0 saturated carbocycles. The summed E-state index contributed by atoms with van der Waals surface area (Å²) in [5, 5.41) is 22.1. The SMILES string of the molecule is O=C(O)c1ccc(O)c2cc3ccccc3cc12. The number of fused-ring (bicyclic) bond motifs is 2. The van der Waals surface area contributed by atoms with Crippen LogP contribution >= 0.6 is 0 Å². The molecular weight excluding hydrogens is 228 g/mol. The van der Waals surface area contributed by atoms with E-state index in [1.54, 1.807) is 6.07 Å². The van der Waals surface area contributed by atoms with Crippen molar-refractivity contribution in [1.29, 1.82) is 0 Å². The zero-order chi connectivity index (χ0) is 12.7. The molecule has 0 spiro atoms. The van der Waals surface area contributed by atoms with E-state index in [1.165, 1.54) is 12.1 Å². The van der Waals surface area contributed by atoms with Crippen LogP contribution in [0.4, 0.5) is 0 Å². The van der Waals surface area contributed by atoms with Crippen LogP contribution in [-0.4, -0.2) is 16.2 Å². The number of hydrogen-bond acceptors (Lipinski definition) is 2. The maximum Gasteiger partial charge on any atom is 0.336 e. The number of carboxylic acids is 1. The average molecular weight is 238 g/mol. The summed E-state index contributed by atoms with van der Waals surface area (Å²) in [6.07, 6.45) is 0. The van der Waals surface area contributed by atoms with Gasteiger partial charge in [-0.3, -0.25) is 0 Å². The first-order valence-electron chi connectivity index (χ1n) is 5.54. The Balaban J connectivity index is 2.52. The van der Waals surface area contributed by atoms with Crippen LogP contribution in [0.1, 0.15) is 10.4 Å². The Bertz CT molecular complexity index is 775. The number of hydrogen-bond donors (Lipinski definition) is 2. The quantitative estimate of drug-likeness (QED) is 0.639. The molecule has 3 heteroatoms. The van der Waals surface area contributed by atoms with Gasteiger partial charge in [0, 0.05) is 10.8 Å². The average Bonchev–Trinajstić information content (AvgIpc) is 2.37. The summed E-state index contributed by atoms with van der Waals surface area (Å²) in [5.41, 5.74) is 0.202. The number of phenols is 1. The van der Waals surface area contributed by atoms with Crippen molar-refractivity contribution in [2.75, 3.05) is 0 Å². The maximum atomic E-state index is 11.2. The Kier molecular flexibility index (Phi) is 2.20. The molecule has 0 aliphatic heterocycles. The molecule has 18 heavy (non-hydrogen) atoms. The van der Waals surface area contributed by atoms with Gasteiger partial charge in [0.1, 0.15) is 5.75 Å². The molecular formula is C15H10O3. The highest BCUT2D eigenvalue weighted by Crippen LogP contribution is 2.31. The van der Waals surface area contributed by atoms with E-state index in [0.29, 0.717) is 10.8 Å². The number of carbonyl (C=O) groups is 1. The van der Waals surface area contributed by atoms with Gasteiger partial charge in [0.2, 0.25) is 0 Å². The van der Waals surface area contributed by atoms with Crippen molar-refractivity contribution in [2.24, 2.45) is 0 Å². The second-order valence-electron chi connectivity index (χ2n) is 4.18. The predicted octanol–water partition coefficient (Wildman–Crippen LogP) is 3.40. The monoisotopic (exact) mass is 238 g/mol. The first-order valence-corrected chi connectivity index (χ1v) is 5.54. The van der Waals surface area contributed by atoms with E-state index < -0.39 is 5.97 Å². The summed E-state index contributed by atoms with van der Waals surface area (Å²) in [5.74, 6) is -0.893. The fraction of sp³-hybridized carbons (Fsp3) is 0. The van der Waals surface area contributed by atoms with Crippen LogP contribution in [0.2, 0.25) is 0 Å². The second-order valence-corrected chi connectivity index (χ2v) is 4.18. The second kappa shape index (κ2) is 3.74. The lowest BCUT2D eigenvalue weighted by molar-refractivity contribution is 0.0699. The topological polar surface area (TPSA) is 57.5 Å². The summed E-state index contributed by atoms with van der Waals surface area (Å²) >= 11 is 0. The van der Waals surface area contributed by atoms with Crippen LogP contribution < -0.4 is 0 Å². The van der Waals surface area contributed by atoms with Crippen molar-refractivity contribution in [3.05, 3.63) is 54.1 Å². The van der Waals surface area contributed by atoms with Gasteiger partial charge in [-0.1, -0.05) is 24.3 Å². The molecule has 0 bridgehead atoms. The van der Waals surface area contributed by atoms with Gasteiger partial charge in [-0.2, -0.15) is 0 Å². The van der Waals surface area contributed by atoms with Crippen LogP contribution in [0.15, 0.2) is 48.5 Å². The molecule has 0 heterocycles. The zero-order valence-corrected chi connectivity index (χ0v) is 9.42. The van der Waals surface area contributed by atoms with Crippen molar-refractivity contribution < 1.29 is 15.0 Å². The number of carboxylic acid groups (broad SMARTS) is 1. The van der Waals surface area contributed by atoms with Crippen LogP contribution in [0.25, 0.3) is 21.5 Å². The van der Waals surface area contributed by atoms with Crippen LogP contribution in [0.5, 0.6) is 5.75 Å². The highest BCUT2D eigenvalue weighted by atomic mass is 16.4. The Morgan fingerprint density at radius 1 is 0.889 bits per heavy atom. The highest BCUT2D eigenvalue weighted by molar-refractivity contribution is 6.10. The van der Waals surface area contributed by atoms with Gasteiger partial charge in [-0.25, -0.2) is 4.79 Å². The summed E-state index contributed by atoms with van der Waals surface area (Å²) in [7, 11) is 0. The largest absolute Gasteiger partial charge is 0.507 e. The van der Waals surface area contributed by atoms with Gasteiger partial charge in [0.15, 0.2) is 0 Å². The Labute approximate surface area is 103 Å². The summed E-state index contributed by atoms with van der Waals surface area (Å²) in [6.45, 7) is 0. The fourth-order valence-electron chi connectivity index (χ4n) is 2.20. The molecule has 0 aliphatic rings. The Morgan fingerprint density at radius 2 is 1.50 bits per heavy atom. The molecule has 3 aromatic carbocycles. The van der Waals surface area contributed by atoms with E-state index >= 15 is 0 Å². The minimum Gasteiger partial charge on any atom is -0.507 e. The van der Waals surface area contributed by atoms with Crippen molar-refractivity contribution in [2.45, 2.75) is 0 Å². The molecule has 0 saturated heterocycles. The van der Waals surface area contributed by atoms with E-state index in [2.05, 4.69) is 0 Å². The summed E-state index contributed by atoms with van der Waals surface area (Å²) in [4.78, 5) is 11.2. The molecule has 3 nitrogen and oxygen atoms in total. The third-order valence-electron chi connectivity index (χ3n) is 3.09. The number of rotatable bonds is 1. The number of benzene rings is 3. The van der Waals surface area contributed by atoms with Crippen molar-refractivity contribution in [1.82, 2.24) is 0 Å². The van der Waals surface area contributed by atoms with E-state index in [9.17, 15) is 9.90 Å². The molecule has 2 N–H and O–H groups in total. The first-order chi connectivity index (χ1) is 8.66. The van der Waals surface area contributed by atoms with Crippen LogP contribution in [-0.2, 0) is 0 Å². The van der Waals surface area contributed by atoms with Gasteiger partial charge < -0.3 is 10.2 Å². The van der Waals surface area contributed by atoms with E-state index in [4.69, 9.17) is 5.11 Å². The molecule has 0 atom stereocenters. The van der Waals surface area contributed by atoms with E-state index in [-0.39, 0.29) is 11.3 Å². The summed E-state index contributed by atoms with van der Waals surface area (Å²) in [6, 6.07) is 14.1.